The molecule has 4 nitrogen and oxygen atoms in total. The van der Waals surface area contributed by atoms with Crippen molar-refractivity contribution >= 4 is 28.5 Å². The molecule has 102 valence electrons. The Kier molecular flexibility index (Phi) is 3.32. The molecule has 1 atom stereocenters. The monoisotopic (exact) mass is 286 g/mol. The van der Waals surface area contributed by atoms with Crippen molar-refractivity contribution in [2.75, 3.05) is 5.32 Å². The molecule has 20 heavy (non-hydrogen) atoms. The fourth-order valence-electron chi connectivity index (χ4n) is 2.28. The van der Waals surface area contributed by atoms with Gasteiger partial charge in [-0.25, -0.2) is 9.97 Å². The first kappa shape index (κ1) is 12.9. The Hall–Kier alpha value is -2.07. The molecular weight excluding hydrogens is 272 g/mol. The summed E-state index contributed by atoms with van der Waals surface area (Å²) in [5.74, 6) is 0.774. The maximum Gasteiger partial charge on any atom is 0.154 e. The fourth-order valence-corrected chi connectivity index (χ4v) is 2.58. The van der Waals surface area contributed by atoms with Gasteiger partial charge in [0.15, 0.2) is 5.82 Å². The standard InChI is InChI=1S/C15H15ClN4/c1-10(11-5-3-4-6-12(11)16)19-15-14-13(7-8-17-15)20(2)9-18-14/h3-10H,1-2H3,(H,17,19). The first-order chi connectivity index (χ1) is 9.66. The molecule has 0 aliphatic heterocycles. The molecule has 1 aromatic carbocycles. The zero-order chi connectivity index (χ0) is 14.1. The average Bonchev–Trinajstić information content (AvgIpc) is 2.82. The van der Waals surface area contributed by atoms with Gasteiger partial charge < -0.3 is 9.88 Å². The number of aromatic nitrogens is 3. The van der Waals surface area contributed by atoms with Crippen LogP contribution in [0.5, 0.6) is 0 Å². The molecule has 2 heterocycles. The second kappa shape index (κ2) is 5.13. The number of nitrogens with zero attached hydrogens (tertiary/aromatic N) is 3. The molecule has 3 aromatic rings. The lowest BCUT2D eigenvalue weighted by Crippen LogP contribution is -2.08. The summed E-state index contributed by atoms with van der Waals surface area (Å²) in [7, 11) is 1.97. The van der Waals surface area contributed by atoms with Gasteiger partial charge >= 0.3 is 0 Å². The van der Waals surface area contributed by atoms with E-state index in [9.17, 15) is 0 Å². The summed E-state index contributed by atoms with van der Waals surface area (Å²) in [6.07, 6.45) is 3.57. The van der Waals surface area contributed by atoms with Gasteiger partial charge in [0, 0.05) is 18.3 Å². The van der Waals surface area contributed by atoms with Gasteiger partial charge in [0.1, 0.15) is 5.52 Å². The minimum absolute atomic E-state index is 0.0591. The second-order valence-corrected chi connectivity index (χ2v) is 5.18. The van der Waals surface area contributed by atoms with Crippen molar-refractivity contribution in [1.82, 2.24) is 14.5 Å². The average molecular weight is 287 g/mol. The van der Waals surface area contributed by atoms with Crippen LogP contribution in [0.3, 0.4) is 0 Å². The molecule has 0 aliphatic rings. The molecule has 0 saturated heterocycles. The van der Waals surface area contributed by atoms with Gasteiger partial charge in [-0.3, -0.25) is 0 Å². The summed E-state index contributed by atoms with van der Waals surface area (Å²) >= 11 is 6.23. The second-order valence-electron chi connectivity index (χ2n) is 4.77. The number of nitrogens with one attached hydrogen (secondary N) is 1. The molecule has 0 bridgehead atoms. The first-order valence-electron chi connectivity index (χ1n) is 6.44. The van der Waals surface area contributed by atoms with Crippen LogP contribution in [0.25, 0.3) is 11.0 Å². The number of rotatable bonds is 3. The van der Waals surface area contributed by atoms with Crippen LogP contribution in [-0.4, -0.2) is 14.5 Å². The topological polar surface area (TPSA) is 42.7 Å². The fraction of sp³-hybridized carbons (Fsp3) is 0.200. The van der Waals surface area contributed by atoms with E-state index in [1.54, 1.807) is 12.5 Å². The van der Waals surface area contributed by atoms with E-state index in [1.165, 1.54) is 0 Å². The first-order valence-corrected chi connectivity index (χ1v) is 6.81. The Morgan fingerprint density at radius 1 is 1.20 bits per heavy atom. The van der Waals surface area contributed by atoms with Crippen molar-refractivity contribution in [2.45, 2.75) is 13.0 Å². The number of hydrogen-bond donors (Lipinski definition) is 1. The van der Waals surface area contributed by atoms with Crippen molar-refractivity contribution in [2.24, 2.45) is 7.05 Å². The molecular formula is C15H15ClN4. The van der Waals surface area contributed by atoms with Crippen molar-refractivity contribution in [3.63, 3.8) is 0 Å². The lowest BCUT2D eigenvalue weighted by molar-refractivity contribution is 0.877. The Bertz CT molecular complexity index is 750. The van der Waals surface area contributed by atoms with Crippen LogP contribution in [0.2, 0.25) is 5.02 Å². The van der Waals surface area contributed by atoms with E-state index >= 15 is 0 Å². The van der Waals surface area contributed by atoms with E-state index in [1.807, 2.05) is 41.9 Å². The molecule has 0 saturated carbocycles. The van der Waals surface area contributed by atoms with E-state index in [4.69, 9.17) is 11.6 Å². The smallest absolute Gasteiger partial charge is 0.154 e. The van der Waals surface area contributed by atoms with Crippen LogP contribution in [0.15, 0.2) is 42.9 Å². The largest absolute Gasteiger partial charge is 0.362 e. The summed E-state index contributed by atoms with van der Waals surface area (Å²) in [5, 5.41) is 4.13. The van der Waals surface area contributed by atoms with E-state index in [2.05, 4.69) is 22.2 Å². The number of benzene rings is 1. The van der Waals surface area contributed by atoms with Crippen LogP contribution in [0.4, 0.5) is 5.82 Å². The predicted molar refractivity (Wildman–Crippen MR) is 82.0 cm³/mol. The van der Waals surface area contributed by atoms with Crippen molar-refractivity contribution in [1.29, 1.82) is 0 Å². The molecule has 3 rings (SSSR count). The molecule has 5 heteroatoms. The normalized spacial score (nSPS) is 12.6. The Morgan fingerprint density at radius 3 is 2.80 bits per heavy atom. The van der Waals surface area contributed by atoms with Gasteiger partial charge in [0.2, 0.25) is 0 Å². The third-order valence-electron chi connectivity index (χ3n) is 3.37. The number of imidazole rings is 1. The summed E-state index contributed by atoms with van der Waals surface area (Å²) in [4.78, 5) is 8.78. The summed E-state index contributed by atoms with van der Waals surface area (Å²) < 4.78 is 1.97. The molecule has 1 N–H and O–H groups in total. The van der Waals surface area contributed by atoms with E-state index in [0.717, 1.165) is 27.4 Å². The Labute approximate surface area is 122 Å². The molecule has 2 aromatic heterocycles. The highest BCUT2D eigenvalue weighted by Gasteiger charge is 2.12. The maximum atomic E-state index is 6.23. The summed E-state index contributed by atoms with van der Waals surface area (Å²) in [5.41, 5.74) is 2.96. The summed E-state index contributed by atoms with van der Waals surface area (Å²) in [6, 6.07) is 9.82. The number of pyridine rings is 1. The zero-order valence-corrected chi connectivity index (χ0v) is 12.1. The SMILES string of the molecule is CC(Nc1nccc2c1ncn2C)c1ccccc1Cl. The molecule has 0 spiro atoms. The van der Waals surface area contributed by atoms with Gasteiger partial charge in [-0.15, -0.1) is 0 Å². The highest BCUT2D eigenvalue weighted by Crippen LogP contribution is 2.27. The number of fused-ring (bicyclic) bond motifs is 1. The van der Waals surface area contributed by atoms with E-state index in [0.29, 0.717) is 0 Å². The minimum Gasteiger partial charge on any atom is -0.362 e. The third-order valence-corrected chi connectivity index (χ3v) is 3.71. The number of aryl methyl sites for hydroxylation is 1. The highest BCUT2D eigenvalue weighted by molar-refractivity contribution is 6.31. The van der Waals surface area contributed by atoms with E-state index in [-0.39, 0.29) is 6.04 Å². The van der Waals surface area contributed by atoms with Crippen molar-refractivity contribution < 1.29 is 0 Å². The van der Waals surface area contributed by atoms with Gasteiger partial charge in [-0.2, -0.15) is 0 Å². The van der Waals surface area contributed by atoms with Crippen LogP contribution in [0, 0.1) is 0 Å². The molecule has 0 aliphatic carbocycles. The van der Waals surface area contributed by atoms with Gasteiger partial charge in [0.05, 0.1) is 17.9 Å². The summed E-state index contributed by atoms with van der Waals surface area (Å²) in [6.45, 7) is 2.06. The maximum absolute atomic E-state index is 6.23. The minimum atomic E-state index is 0.0591. The van der Waals surface area contributed by atoms with Crippen LogP contribution in [-0.2, 0) is 7.05 Å². The Morgan fingerprint density at radius 2 is 2.00 bits per heavy atom. The van der Waals surface area contributed by atoms with Gasteiger partial charge in [-0.05, 0) is 24.6 Å². The quantitative estimate of drug-likeness (QED) is 0.796. The molecule has 0 amide bonds. The van der Waals surface area contributed by atoms with Gasteiger partial charge in [-0.1, -0.05) is 29.8 Å². The highest BCUT2D eigenvalue weighted by atomic mass is 35.5. The number of hydrogen-bond acceptors (Lipinski definition) is 3. The van der Waals surface area contributed by atoms with Crippen molar-refractivity contribution in [3.05, 3.63) is 53.4 Å². The van der Waals surface area contributed by atoms with Crippen LogP contribution in [0.1, 0.15) is 18.5 Å². The van der Waals surface area contributed by atoms with E-state index < -0.39 is 0 Å². The number of halogens is 1. The lowest BCUT2D eigenvalue weighted by Gasteiger charge is -2.16. The molecule has 0 fully saturated rings. The van der Waals surface area contributed by atoms with Gasteiger partial charge in [0.25, 0.3) is 0 Å². The van der Waals surface area contributed by atoms with Crippen LogP contribution < -0.4 is 5.32 Å². The molecule has 1 unspecified atom stereocenters. The van der Waals surface area contributed by atoms with Crippen molar-refractivity contribution in [3.8, 4) is 0 Å². The zero-order valence-electron chi connectivity index (χ0n) is 11.3. The third kappa shape index (κ3) is 2.23. The Balaban J connectivity index is 1.95. The lowest BCUT2D eigenvalue weighted by atomic mass is 10.1. The molecule has 0 radical (unpaired) electrons. The number of anilines is 1. The van der Waals surface area contributed by atoms with Crippen LogP contribution >= 0.6 is 11.6 Å². The predicted octanol–water partition coefficient (Wildman–Crippen LogP) is 3.79.